The summed E-state index contributed by atoms with van der Waals surface area (Å²) in [5.74, 6) is -3.65. The zero-order valence-corrected chi connectivity index (χ0v) is 26.2. The number of nitrogens with one attached hydrogen (secondary N) is 2. The highest BCUT2D eigenvalue weighted by Gasteiger charge is 2.32. The Morgan fingerprint density at radius 1 is 0.935 bits per heavy atom. The number of Topliss-reactive ketones (excluding diaryl/α,β-unsaturated/α-hetero) is 2. The Morgan fingerprint density at radius 2 is 1.59 bits per heavy atom. The lowest BCUT2D eigenvalue weighted by molar-refractivity contribution is -0.133. The molecule has 13 heteroatoms. The standard InChI is InChI=1S/C33H44N8O5/c1-19-10-25(42)11-20(2)26(19)13-23(15-29(43)27(34)8-9-39-33(36)37)32(46)41-28(16-24-17-38-18-40-24)30(44)14-22(31(35)45)12-21-6-4-3-5-7-21/h3-7,10-11,17-18,22-23,27-28,42H,8-9,12-16,34H2,1-2H3,(H2,35,45)(H,38,40)(H,41,46)(H4,36,37,39)/t22-,23-,27-,28+/m1/s1. The smallest absolute Gasteiger partial charge is 0.224 e. The highest BCUT2D eigenvalue weighted by Crippen LogP contribution is 2.25. The van der Waals surface area contributed by atoms with E-state index in [0.29, 0.717) is 5.69 Å². The number of ketones is 2. The van der Waals surface area contributed by atoms with Gasteiger partial charge in [0.25, 0.3) is 0 Å². The number of phenolic OH excluding ortho intramolecular Hbond substituents is 1. The SMILES string of the molecule is Cc1cc(O)cc(C)c1C[C@H](CC(=O)[C@H](N)CCN=C(N)N)C(=O)N[C@@H](Cc1cnc[nH]1)C(=O)C[C@@H](Cc1ccccc1)C(N)=O. The van der Waals surface area contributed by atoms with Crippen LogP contribution in [0.4, 0.5) is 0 Å². The van der Waals surface area contributed by atoms with Gasteiger partial charge in [-0.2, -0.15) is 0 Å². The number of rotatable bonds is 18. The lowest BCUT2D eigenvalue weighted by Gasteiger charge is -2.24. The zero-order chi connectivity index (χ0) is 33.8. The minimum absolute atomic E-state index is 0.0807. The van der Waals surface area contributed by atoms with Crippen molar-refractivity contribution < 1.29 is 24.3 Å². The number of benzene rings is 2. The van der Waals surface area contributed by atoms with Crippen LogP contribution in [0.1, 0.15) is 47.2 Å². The number of guanidine groups is 1. The third kappa shape index (κ3) is 10.8. The fourth-order valence-corrected chi connectivity index (χ4v) is 5.39. The second-order valence-electron chi connectivity index (χ2n) is 11.6. The van der Waals surface area contributed by atoms with E-state index in [1.807, 2.05) is 30.3 Å². The lowest BCUT2D eigenvalue weighted by atomic mass is 9.86. The maximum absolute atomic E-state index is 14.0. The maximum Gasteiger partial charge on any atom is 0.224 e. The average Bonchev–Trinajstić information content (AvgIpc) is 3.50. The Kier molecular flexibility index (Phi) is 13.0. The number of carbonyl (C=O) groups excluding carboxylic acids is 4. The molecule has 0 radical (unpaired) electrons. The summed E-state index contributed by atoms with van der Waals surface area (Å²) in [7, 11) is 0. The predicted molar refractivity (Wildman–Crippen MR) is 174 cm³/mol. The first-order valence-corrected chi connectivity index (χ1v) is 15.1. The topological polar surface area (TPSA) is 246 Å². The second kappa shape index (κ2) is 16.9. The Hall–Kier alpha value is -5.04. The molecule has 0 aliphatic carbocycles. The number of aliphatic imine (C=N–C) groups is 1. The average molecular weight is 633 g/mol. The number of aromatic hydroxyl groups is 1. The van der Waals surface area contributed by atoms with Gasteiger partial charge in [-0.25, -0.2) is 4.98 Å². The van der Waals surface area contributed by atoms with E-state index < -0.39 is 41.5 Å². The number of amides is 2. The number of carbonyl (C=O) groups is 4. The lowest BCUT2D eigenvalue weighted by Crippen LogP contribution is -2.47. The third-order valence-electron chi connectivity index (χ3n) is 7.96. The number of hydrogen-bond donors (Lipinski definition) is 7. The summed E-state index contributed by atoms with van der Waals surface area (Å²) in [5, 5.41) is 12.9. The van der Waals surface area contributed by atoms with Gasteiger partial charge >= 0.3 is 0 Å². The van der Waals surface area contributed by atoms with E-state index in [1.165, 1.54) is 6.33 Å². The molecule has 0 aliphatic heterocycles. The van der Waals surface area contributed by atoms with Gasteiger partial charge in [0.15, 0.2) is 11.7 Å². The van der Waals surface area contributed by atoms with Gasteiger partial charge in [0.2, 0.25) is 11.8 Å². The molecule has 11 N–H and O–H groups in total. The van der Waals surface area contributed by atoms with Crippen LogP contribution in [-0.2, 0) is 38.4 Å². The van der Waals surface area contributed by atoms with Gasteiger partial charge in [0.05, 0.1) is 18.4 Å². The fourth-order valence-electron chi connectivity index (χ4n) is 5.39. The number of phenols is 1. The normalized spacial score (nSPS) is 13.6. The molecule has 0 spiro atoms. The number of aromatic nitrogens is 2. The number of aryl methyl sites for hydroxylation is 2. The van der Waals surface area contributed by atoms with Crippen LogP contribution < -0.4 is 28.3 Å². The molecule has 0 unspecified atom stereocenters. The molecule has 0 fully saturated rings. The van der Waals surface area contributed by atoms with Crippen LogP contribution in [0.2, 0.25) is 0 Å². The first-order valence-electron chi connectivity index (χ1n) is 15.1. The molecule has 2 amide bonds. The van der Waals surface area contributed by atoms with E-state index in [-0.39, 0.29) is 62.6 Å². The molecule has 1 aromatic heterocycles. The van der Waals surface area contributed by atoms with E-state index in [1.54, 1.807) is 32.2 Å². The minimum atomic E-state index is -1.04. The molecular weight excluding hydrogens is 588 g/mol. The van der Waals surface area contributed by atoms with Crippen molar-refractivity contribution in [1.82, 2.24) is 15.3 Å². The number of primary amides is 1. The Morgan fingerprint density at radius 3 is 2.17 bits per heavy atom. The number of hydrogen-bond acceptors (Lipinski definition) is 8. The monoisotopic (exact) mass is 632 g/mol. The van der Waals surface area contributed by atoms with E-state index in [4.69, 9.17) is 22.9 Å². The molecule has 2 aromatic carbocycles. The van der Waals surface area contributed by atoms with E-state index in [2.05, 4.69) is 20.3 Å². The van der Waals surface area contributed by atoms with Crippen LogP contribution >= 0.6 is 0 Å². The van der Waals surface area contributed by atoms with Crippen molar-refractivity contribution in [3.8, 4) is 5.75 Å². The highest BCUT2D eigenvalue weighted by molar-refractivity contribution is 5.94. The van der Waals surface area contributed by atoms with E-state index >= 15 is 0 Å². The first kappa shape index (κ1) is 35.4. The van der Waals surface area contributed by atoms with Crippen molar-refractivity contribution in [2.75, 3.05) is 6.54 Å². The Labute approximate surface area is 268 Å². The van der Waals surface area contributed by atoms with Gasteiger partial charge < -0.3 is 38.3 Å². The number of nitrogens with two attached hydrogens (primary N) is 4. The molecular formula is C33H44N8O5. The summed E-state index contributed by atoms with van der Waals surface area (Å²) >= 11 is 0. The van der Waals surface area contributed by atoms with E-state index in [9.17, 15) is 24.3 Å². The summed E-state index contributed by atoms with van der Waals surface area (Å²) in [4.78, 5) is 64.2. The summed E-state index contributed by atoms with van der Waals surface area (Å²) in [6.45, 7) is 3.76. The molecule has 13 nitrogen and oxygen atoms in total. The minimum Gasteiger partial charge on any atom is -0.508 e. The van der Waals surface area contributed by atoms with Crippen molar-refractivity contribution in [1.29, 1.82) is 0 Å². The molecule has 3 rings (SSSR count). The summed E-state index contributed by atoms with van der Waals surface area (Å²) in [6, 6.07) is 10.4. The first-order chi connectivity index (χ1) is 21.8. The van der Waals surface area contributed by atoms with Crippen LogP contribution in [0.15, 0.2) is 60.0 Å². The van der Waals surface area contributed by atoms with Gasteiger partial charge in [-0.15, -0.1) is 0 Å². The molecule has 0 aliphatic rings. The highest BCUT2D eigenvalue weighted by atomic mass is 16.3. The van der Waals surface area contributed by atoms with Crippen LogP contribution in [0.5, 0.6) is 5.75 Å². The van der Waals surface area contributed by atoms with Crippen molar-refractivity contribution in [3.63, 3.8) is 0 Å². The van der Waals surface area contributed by atoms with Crippen LogP contribution in [-0.4, -0.2) is 63.0 Å². The quantitative estimate of drug-likeness (QED) is 0.0775. The molecule has 46 heavy (non-hydrogen) atoms. The number of nitrogens with zero attached hydrogens (tertiary/aromatic N) is 2. The largest absolute Gasteiger partial charge is 0.508 e. The molecule has 1 heterocycles. The van der Waals surface area contributed by atoms with Crippen molar-refractivity contribution in [2.45, 2.75) is 64.5 Å². The number of imidazole rings is 1. The van der Waals surface area contributed by atoms with Crippen LogP contribution in [0, 0.1) is 25.7 Å². The Bertz CT molecular complexity index is 1500. The number of aromatic amines is 1. The molecule has 3 aromatic rings. The van der Waals surface area contributed by atoms with Crippen molar-refractivity contribution >= 4 is 29.3 Å². The summed E-state index contributed by atoms with van der Waals surface area (Å²) in [5.41, 5.74) is 26.3. The fraction of sp³-hybridized carbons (Fsp3) is 0.394. The van der Waals surface area contributed by atoms with Crippen molar-refractivity contribution in [3.05, 3.63) is 82.9 Å². The molecule has 0 saturated carbocycles. The molecule has 0 saturated heterocycles. The maximum atomic E-state index is 14.0. The van der Waals surface area contributed by atoms with Crippen LogP contribution in [0.3, 0.4) is 0 Å². The van der Waals surface area contributed by atoms with Crippen LogP contribution in [0.25, 0.3) is 0 Å². The Balaban J connectivity index is 1.87. The van der Waals surface area contributed by atoms with Gasteiger partial charge in [-0.3, -0.25) is 24.2 Å². The molecule has 0 bridgehead atoms. The van der Waals surface area contributed by atoms with Gasteiger partial charge in [-0.1, -0.05) is 30.3 Å². The molecule has 246 valence electrons. The second-order valence-corrected chi connectivity index (χ2v) is 11.6. The van der Waals surface area contributed by atoms with Gasteiger partial charge in [-0.05, 0) is 67.5 Å². The number of H-pyrrole nitrogens is 1. The summed E-state index contributed by atoms with van der Waals surface area (Å²) in [6.07, 6.45) is 3.27. The zero-order valence-electron chi connectivity index (χ0n) is 26.2. The molecule has 4 atom stereocenters. The van der Waals surface area contributed by atoms with Gasteiger partial charge in [0, 0.05) is 49.5 Å². The summed E-state index contributed by atoms with van der Waals surface area (Å²) < 4.78 is 0. The van der Waals surface area contributed by atoms with Crippen molar-refractivity contribution in [2.24, 2.45) is 39.8 Å². The predicted octanol–water partition coefficient (Wildman–Crippen LogP) is 0.872. The van der Waals surface area contributed by atoms with Gasteiger partial charge in [0.1, 0.15) is 11.5 Å². The van der Waals surface area contributed by atoms with E-state index in [0.717, 1.165) is 22.3 Å². The third-order valence-corrected chi connectivity index (χ3v) is 7.96.